The van der Waals surface area contributed by atoms with Crippen molar-refractivity contribution >= 4 is 64.9 Å². The van der Waals surface area contributed by atoms with Gasteiger partial charge < -0.3 is 4.74 Å². The Morgan fingerprint density at radius 2 is 1.21 bits per heavy atom. The standard InChI is InChI=1S/C28H30BrF2IO5S2/c29-21-11-3-1-2-4-12-22-36-27(33)28(30,31)39(34,35)37-38(24-13-7-5-8-14-24,25-15-9-6-10-16-25)26-19-17-23(32)18-20-26/h5-10,13-20H,1-4,11-12,21-22H2. The zero-order chi connectivity index (χ0) is 28.4. The number of alkyl halides is 3. The molecule has 0 aliphatic carbocycles. The molecule has 0 aliphatic rings. The van der Waals surface area contributed by atoms with E-state index in [0.29, 0.717) is 27.5 Å². The third-order valence-corrected chi connectivity index (χ3v) is 12.2. The monoisotopic (exact) mass is 754 g/mol. The molecular formula is C28H30BrF2IO5S2. The topological polar surface area (TPSA) is 69.7 Å². The lowest BCUT2D eigenvalue weighted by Gasteiger charge is -2.39. The molecule has 3 aromatic carbocycles. The fourth-order valence-corrected chi connectivity index (χ4v) is 9.60. The summed E-state index contributed by atoms with van der Waals surface area (Å²) >= 11 is 5.47. The number of benzene rings is 3. The predicted molar refractivity (Wildman–Crippen MR) is 162 cm³/mol. The number of halogens is 4. The molecular weight excluding hydrogens is 725 g/mol. The molecule has 0 radical (unpaired) electrons. The molecule has 0 amide bonds. The van der Waals surface area contributed by atoms with Crippen LogP contribution in [0, 0.1) is 3.57 Å². The van der Waals surface area contributed by atoms with Crippen molar-refractivity contribution in [1.29, 1.82) is 0 Å². The molecule has 212 valence electrons. The molecule has 0 aliphatic heterocycles. The fraction of sp³-hybridized carbons (Fsp3) is 0.321. The number of ether oxygens (including phenoxy) is 1. The number of esters is 1. The smallest absolute Gasteiger partial charge is 0.460 e. The van der Waals surface area contributed by atoms with E-state index >= 15 is 8.78 Å². The molecule has 39 heavy (non-hydrogen) atoms. The quantitative estimate of drug-likeness (QED) is 0.0673. The molecule has 0 N–H and O–H groups in total. The summed E-state index contributed by atoms with van der Waals surface area (Å²) in [7, 11) is -9.05. The van der Waals surface area contributed by atoms with Gasteiger partial charge in [-0.3, -0.25) is 0 Å². The summed E-state index contributed by atoms with van der Waals surface area (Å²) in [6.45, 7) is -0.297. The maximum atomic E-state index is 15.3. The van der Waals surface area contributed by atoms with Crippen LogP contribution in [0.5, 0.6) is 0 Å². The van der Waals surface area contributed by atoms with Gasteiger partial charge >= 0.3 is 21.3 Å². The van der Waals surface area contributed by atoms with Gasteiger partial charge in [0.05, 0.1) is 6.61 Å². The number of unbranched alkanes of at least 4 members (excludes halogenated alkanes) is 5. The van der Waals surface area contributed by atoms with E-state index in [4.69, 9.17) is 8.37 Å². The first-order chi connectivity index (χ1) is 18.6. The number of hydrogen-bond donors (Lipinski definition) is 0. The van der Waals surface area contributed by atoms with Crippen LogP contribution in [0.2, 0.25) is 0 Å². The Balaban J connectivity index is 1.92. The molecule has 3 aromatic rings. The van der Waals surface area contributed by atoms with Crippen molar-refractivity contribution in [2.75, 3.05) is 11.9 Å². The zero-order valence-electron chi connectivity index (χ0n) is 21.1. The third-order valence-electron chi connectivity index (χ3n) is 5.80. The summed E-state index contributed by atoms with van der Waals surface area (Å²) < 4.78 is 68.3. The fourth-order valence-electron chi connectivity index (χ4n) is 3.81. The molecule has 11 heteroatoms. The number of carbonyl (C=O) groups excluding carboxylic acids is 1. The van der Waals surface area contributed by atoms with Gasteiger partial charge in [0.25, 0.3) is 0 Å². The second kappa shape index (κ2) is 14.9. The van der Waals surface area contributed by atoms with Crippen molar-refractivity contribution in [2.45, 2.75) is 58.5 Å². The largest absolute Gasteiger partial charge is 0.466 e. The molecule has 0 atom stereocenters. The average molecular weight is 755 g/mol. The average Bonchev–Trinajstić information content (AvgIpc) is 2.94. The molecule has 0 spiro atoms. The van der Waals surface area contributed by atoms with Crippen LogP contribution in [-0.4, -0.2) is 31.6 Å². The summed E-state index contributed by atoms with van der Waals surface area (Å²) in [5.41, 5.74) is 0. The van der Waals surface area contributed by atoms with E-state index < -0.39 is 31.7 Å². The molecule has 5 nitrogen and oxygen atoms in total. The highest BCUT2D eigenvalue weighted by atomic mass is 127. The maximum absolute atomic E-state index is 15.3. The summed E-state index contributed by atoms with van der Waals surface area (Å²) in [6.07, 6.45) is 5.01. The van der Waals surface area contributed by atoms with Crippen molar-refractivity contribution < 1.29 is 30.4 Å². The van der Waals surface area contributed by atoms with Crippen LogP contribution in [0.15, 0.2) is 99.6 Å². The zero-order valence-corrected chi connectivity index (χ0v) is 26.5. The lowest BCUT2D eigenvalue weighted by molar-refractivity contribution is -0.161. The van der Waals surface area contributed by atoms with E-state index in [2.05, 4.69) is 38.5 Å². The summed E-state index contributed by atoms with van der Waals surface area (Å²) in [5.74, 6) is -2.14. The number of rotatable bonds is 15. The van der Waals surface area contributed by atoms with Crippen LogP contribution < -0.4 is 0 Å². The SMILES string of the molecule is O=C(OCCCCCCCCBr)C(F)(F)S(=O)(=O)OS(c1ccccc1)(c1ccccc1)c1ccc(I)cc1. The number of hydrogen-bond acceptors (Lipinski definition) is 5. The minimum Gasteiger partial charge on any atom is -0.460 e. The minimum absolute atomic E-state index is 0.297. The van der Waals surface area contributed by atoms with Crippen LogP contribution in [-0.2, 0) is 23.3 Å². The van der Waals surface area contributed by atoms with Gasteiger partial charge in [0.1, 0.15) is 0 Å². The van der Waals surface area contributed by atoms with E-state index in [-0.39, 0.29) is 6.61 Å². The van der Waals surface area contributed by atoms with Gasteiger partial charge in [0, 0.05) is 23.6 Å². The predicted octanol–water partition coefficient (Wildman–Crippen LogP) is 8.71. The van der Waals surface area contributed by atoms with Crippen molar-refractivity contribution in [3.8, 4) is 0 Å². The van der Waals surface area contributed by atoms with E-state index in [1.165, 1.54) is 0 Å². The summed E-state index contributed by atoms with van der Waals surface area (Å²) in [6, 6.07) is 23.5. The van der Waals surface area contributed by atoms with E-state index in [9.17, 15) is 13.2 Å². The first-order valence-corrected chi connectivity index (χ1v) is 17.6. The first kappa shape index (κ1) is 32.0. The lowest BCUT2D eigenvalue weighted by atomic mass is 10.1. The van der Waals surface area contributed by atoms with Gasteiger partial charge in [-0.25, -0.2) is 8.42 Å². The van der Waals surface area contributed by atoms with Crippen LogP contribution in [0.4, 0.5) is 8.78 Å². The van der Waals surface area contributed by atoms with Crippen molar-refractivity contribution in [1.82, 2.24) is 0 Å². The summed E-state index contributed by atoms with van der Waals surface area (Å²) in [5, 5.41) is -3.98. The van der Waals surface area contributed by atoms with Crippen LogP contribution in [0.3, 0.4) is 0 Å². The van der Waals surface area contributed by atoms with Crippen LogP contribution >= 0.6 is 48.8 Å². The third kappa shape index (κ3) is 8.02. The normalized spacial score (nSPS) is 12.7. The van der Waals surface area contributed by atoms with Crippen molar-refractivity contribution in [3.63, 3.8) is 0 Å². The van der Waals surface area contributed by atoms with Crippen LogP contribution in [0.25, 0.3) is 0 Å². The highest BCUT2D eigenvalue weighted by Crippen LogP contribution is 2.70. The molecule has 0 aromatic heterocycles. The number of carbonyl (C=O) groups is 1. The van der Waals surface area contributed by atoms with Crippen LogP contribution in [0.1, 0.15) is 38.5 Å². The Morgan fingerprint density at radius 3 is 1.72 bits per heavy atom. The van der Waals surface area contributed by atoms with Gasteiger partial charge in [-0.2, -0.15) is 17.2 Å². The maximum Gasteiger partial charge on any atom is 0.466 e. The van der Waals surface area contributed by atoms with E-state index in [0.717, 1.165) is 34.6 Å². The van der Waals surface area contributed by atoms with E-state index in [1.54, 1.807) is 84.9 Å². The molecule has 0 bridgehead atoms. The highest BCUT2D eigenvalue weighted by molar-refractivity contribution is 14.1. The Hall–Kier alpha value is -1.54. The Morgan fingerprint density at radius 1 is 0.744 bits per heavy atom. The molecule has 0 saturated heterocycles. The minimum atomic E-state index is -5.81. The lowest BCUT2D eigenvalue weighted by Crippen LogP contribution is -2.41. The molecule has 0 unspecified atom stereocenters. The van der Waals surface area contributed by atoms with Gasteiger partial charge in [-0.15, -0.1) is 0 Å². The van der Waals surface area contributed by atoms with Gasteiger partial charge in [-0.1, -0.05) is 78.0 Å². The van der Waals surface area contributed by atoms with Crippen molar-refractivity contribution in [2.24, 2.45) is 0 Å². The molecule has 0 heterocycles. The second-order valence-electron chi connectivity index (χ2n) is 8.62. The molecule has 0 fully saturated rings. The van der Waals surface area contributed by atoms with Gasteiger partial charge in [0.2, 0.25) is 0 Å². The van der Waals surface area contributed by atoms with Gasteiger partial charge in [-0.05, 0) is 94.3 Å². The Bertz CT molecular complexity index is 1260. The Labute approximate surface area is 252 Å². The molecule has 0 saturated carbocycles. The van der Waals surface area contributed by atoms with Crippen molar-refractivity contribution in [3.05, 3.63) is 88.5 Å². The molecule has 3 rings (SSSR count). The second-order valence-corrected chi connectivity index (χ2v) is 15.2. The highest BCUT2D eigenvalue weighted by Gasteiger charge is 2.58. The summed E-state index contributed by atoms with van der Waals surface area (Å²) in [4.78, 5) is 13.5. The Kier molecular flexibility index (Phi) is 12.2. The van der Waals surface area contributed by atoms with Gasteiger partial charge in [0.15, 0.2) is 0 Å². The van der Waals surface area contributed by atoms with E-state index in [1.807, 2.05) is 0 Å². The first-order valence-electron chi connectivity index (χ1n) is 12.4.